The average molecular weight is 479 g/mol. The zero-order valence-electron chi connectivity index (χ0n) is 17.6. The molecule has 11 nitrogen and oxygen atoms in total. The van der Waals surface area contributed by atoms with Crippen molar-refractivity contribution in [3.8, 4) is 0 Å². The van der Waals surface area contributed by atoms with Crippen LogP contribution in [-0.4, -0.2) is 26.8 Å². The van der Waals surface area contributed by atoms with Gasteiger partial charge in [0, 0.05) is 29.1 Å². The first-order valence-corrected chi connectivity index (χ1v) is 10.1. The van der Waals surface area contributed by atoms with Crippen molar-refractivity contribution < 1.29 is 19.4 Å². The van der Waals surface area contributed by atoms with Crippen LogP contribution in [0.5, 0.6) is 0 Å². The number of nitrogens with one attached hydrogen (secondary N) is 3. The molecule has 0 saturated heterocycles. The fourth-order valence-electron chi connectivity index (χ4n) is 2.90. The number of nitrogens with zero attached hydrogens (tertiary/aromatic N) is 2. The first-order valence-electron chi connectivity index (χ1n) is 9.66. The zero-order valence-corrected chi connectivity index (χ0v) is 18.4. The van der Waals surface area contributed by atoms with Gasteiger partial charge in [0.15, 0.2) is 5.11 Å². The van der Waals surface area contributed by atoms with E-state index in [4.69, 9.17) is 12.2 Å². The van der Waals surface area contributed by atoms with E-state index in [1.807, 2.05) is 13.0 Å². The summed E-state index contributed by atoms with van der Waals surface area (Å²) in [5.41, 5.74) is 1.03. The predicted molar refractivity (Wildman–Crippen MR) is 129 cm³/mol. The van der Waals surface area contributed by atoms with Crippen LogP contribution < -0.4 is 16.0 Å². The summed E-state index contributed by atoms with van der Waals surface area (Å²) in [4.78, 5) is 45.0. The van der Waals surface area contributed by atoms with Crippen LogP contribution in [0.2, 0.25) is 0 Å². The third-order valence-electron chi connectivity index (χ3n) is 4.49. The molecule has 0 spiro atoms. The van der Waals surface area contributed by atoms with Crippen molar-refractivity contribution in [2.75, 3.05) is 10.6 Å². The molecule has 0 atom stereocenters. The molecule has 172 valence electrons. The number of hydrogen-bond acceptors (Lipinski definition) is 7. The van der Waals surface area contributed by atoms with Crippen LogP contribution in [0.15, 0.2) is 66.7 Å². The van der Waals surface area contributed by atoms with Gasteiger partial charge in [0.2, 0.25) is 0 Å². The minimum atomic E-state index is -0.855. The molecule has 0 heterocycles. The number of benzene rings is 3. The van der Waals surface area contributed by atoms with Gasteiger partial charge in [-0.05, 0) is 55.5 Å². The highest BCUT2D eigenvalue weighted by atomic mass is 32.1. The molecule has 2 amide bonds. The monoisotopic (exact) mass is 479 g/mol. The molecule has 0 aromatic heterocycles. The molecule has 0 saturated carbocycles. The lowest BCUT2D eigenvalue weighted by Crippen LogP contribution is -2.34. The predicted octanol–water partition coefficient (Wildman–Crippen LogP) is 4.19. The molecule has 3 rings (SSSR count). The van der Waals surface area contributed by atoms with E-state index in [2.05, 4.69) is 16.0 Å². The van der Waals surface area contributed by atoms with Gasteiger partial charge in [0.1, 0.15) is 0 Å². The van der Waals surface area contributed by atoms with Gasteiger partial charge in [-0.2, -0.15) is 0 Å². The number of aryl methyl sites for hydroxylation is 1. The summed E-state index contributed by atoms with van der Waals surface area (Å²) in [5.74, 6) is -1.12. The summed E-state index contributed by atoms with van der Waals surface area (Å²) < 4.78 is 0. The Bertz CT molecular complexity index is 1280. The quantitative estimate of drug-likeness (QED) is 0.270. The van der Waals surface area contributed by atoms with E-state index in [1.165, 1.54) is 0 Å². The fraction of sp³-hybridized carbons (Fsp3) is 0.0455. The maximum Gasteiger partial charge on any atom is 0.277 e. The van der Waals surface area contributed by atoms with Crippen molar-refractivity contribution in [1.29, 1.82) is 0 Å². The third kappa shape index (κ3) is 6.17. The normalized spacial score (nSPS) is 10.1. The smallest absolute Gasteiger partial charge is 0.277 e. The van der Waals surface area contributed by atoms with Crippen LogP contribution in [0.1, 0.15) is 26.3 Å². The first-order chi connectivity index (χ1) is 16.1. The van der Waals surface area contributed by atoms with E-state index in [-0.39, 0.29) is 16.6 Å². The lowest BCUT2D eigenvalue weighted by Gasteiger charge is -2.11. The van der Waals surface area contributed by atoms with Crippen LogP contribution in [-0.2, 0) is 0 Å². The number of non-ortho nitro benzene ring substituents is 2. The Morgan fingerprint density at radius 2 is 1.32 bits per heavy atom. The van der Waals surface area contributed by atoms with Crippen molar-refractivity contribution in [3.63, 3.8) is 0 Å². The van der Waals surface area contributed by atoms with Crippen LogP contribution in [0.25, 0.3) is 0 Å². The SMILES string of the molecule is Cc1cccc(C(=O)Nc2ccc(NC(=S)NC(=O)c3cc([N+](=O)[O-])cc([N+](=O)[O-])c3)cc2)c1. The minimum absolute atomic E-state index is 0.129. The Morgan fingerprint density at radius 3 is 1.85 bits per heavy atom. The Hall–Kier alpha value is -4.71. The highest BCUT2D eigenvalue weighted by molar-refractivity contribution is 7.80. The van der Waals surface area contributed by atoms with Gasteiger partial charge >= 0.3 is 0 Å². The Kier molecular flexibility index (Phi) is 7.23. The Morgan fingerprint density at radius 1 is 0.765 bits per heavy atom. The molecule has 3 aromatic carbocycles. The van der Waals surface area contributed by atoms with Gasteiger partial charge in [-0.3, -0.25) is 35.1 Å². The number of carbonyl (C=O) groups excluding carboxylic acids is 2. The maximum absolute atomic E-state index is 12.4. The van der Waals surface area contributed by atoms with Crippen molar-refractivity contribution >= 4 is 51.9 Å². The summed E-state index contributed by atoms with van der Waals surface area (Å²) in [5, 5.41) is 29.7. The van der Waals surface area contributed by atoms with Crippen LogP contribution >= 0.6 is 12.2 Å². The number of hydrogen-bond donors (Lipinski definition) is 3. The number of carbonyl (C=O) groups is 2. The van der Waals surface area contributed by atoms with Gasteiger partial charge < -0.3 is 10.6 Å². The molecule has 0 aliphatic carbocycles. The second-order valence-corrected chi connectivity index (χ2v) is 7.47. The van der Waals surface area contributed by atoms with E-state index in [0.29, 0.717) is 16.9 Å². The molecule has 3 N–H and O–H groups in total. The Balaban J connectivity index is 1.63. The molecular formula is C22H17N5O6S. The van der Waals surface area contributed by atoms with E-state index >= 15 is 0 Å². The largest absolute Gasteiger partial charge is 0.332 e. The number of anilines is 2. The summed E-state index contributed by atoms with van der Waals surface area (Å²) >= 11 is 5.08. The van der Waals surface area contributed by atoms with E-state index in [1.54, 1.807) is 42.5 Å². The molecule has 0 aliphatic rings. The topological polar surface area (TPSA) is 157 Å². The molecule has 12 heteroatoms. The van der Waals surface area contributed by atoms with Gasteiger partial charge in [0.25, 0.3) is 23.2 Å². The zero-order chi connectivity index (χ0) is 24.8. The summed E-state index contributed by atoms with van der Waals surface area (Å²) in [7, 11) is 0. The van der Waals surface area contributed by atoms with Crippen LogP contribution in [0, 0.1) is 27.2 Å². The fourth-order valence-corrected chi connectivity index (χ4v) is 3.11. The van der Waals surface area contributed by atoms with Crippen LogP contribution in [0.4, 0.5) is 22.7 Å². The molecule has 0 aliphatic heterocycles. The van der Waals surface area contributed by atoms with E-state index in [9.17, 15) is 29.8 Å². The van der Waals surface area contributed by atoms with Crippen molar-refractivity contribution in [2.24, 2.45) is 0 Å². The number of rotatable bonds is 6. The number of thiocarbonyl (C=S) groups is 1. The minimum Gasteiger partial charge on any atom is -0.332 e. The summed E-state index contributed by atoms with van der Waals surface area (Å²) in [6.45, 7) is 1.89. The number of nitro groups is 2. The van der Waals surface area contributed by atoms with Gasteiger partial charge in [0.05, 0.1) is 21.5 Å². The van der Waals surface area contributed by atoms with Crippen molar-refractivity contribution in [3.05, 3.63) is 104 Å². The third-order valence-corrected chi connectivity index (χ3v) is 4.70. The van der Waals surface area contributed by atoms with Crippen molar-refractivity contribution in [2.45, 2.75) is 6.92 Å². The lowest BCUT2D eigenvalue weighted by atomic mass is 10.1. The molecule has 0 fully saturated rings. The van der Waals surface area contributed by atoms with Gasteiger partial charge in [-0.25, -0.2) is 0 Å². The molecule has 0 bridgehead atoms. The number of amides is 2. The van der Waals surface area contributed by atoms with Crippen LogP contribution in [0.3, 0.4) is 0 Å². The first kappa shape index (κ1) is 23.9. The molecule has 0 radical (unpaired) electrons. The standard InChI is InChI=1S/C22H17N5O6S/c1-13-3-2-4-14(9-13)20(28)23-16-5-7-17(8-6-16)24-22(34)25-21(29)15-10-18(26(30)31)12-19(11-15)27(32)33/h2-12H,1H3,(H,23,28)(H2,24,25,29,34). The molecule has 0 unspecified atom stereocenters. The molecular weight excluding hydrogens is 462 g/mol. The summed E-state index contributed by atoms with van der Waals surface area (Å²) in [6.07, 6.45) is 0. The average Bonchev–Trinajstić information content (AvgIpc) is 2.79. The lowest BCUT2D eigenvalue weighted by molar-refractivity contribution is -0.394. The van der Waals surface area contributed by atoms with E-state index < -0.39 is 27.1 Å². The molecule has 34 heavy (non-hydrogen) atoms. The van der Waals surface area contributed by atoms with E-state index in [0.717, 1.165) is 23.8 Å². The second kappa shape index (κ2) is 10.3. The van der Waals surface area contributed by atoms with Gasteiger partial charge in [-0.1, -0.05) is 17.7 Å². The highest BCUT2D eigenvalue weighted by Gasteiger charge is 2.20. The highest BCUT2D eigenvalue weighted by Crippen LogP contribution is 2.23. The summed E-state index contributed by atoms with van der Waals surface area (Å²) in [6, 6.07) is 16.2. The van der Waals surface area contributed by atoms with Crippen molar-refractivity contribution in [1.82, 2.24) is 5.32 Å². The maximum atomic E-state index is 12.4. The Labute approximate surface area is 198 Å². The molecule has 3 aromatic rings. The van der Waals surface area contributed by atoms with Gasteiger partial charge in [-0.15, -0.1) is 0 Å². The second-order valence-electron chi connectivity index (χ2n) is 7.06. The number of nitro benzene ring substituents is 2.